The Hall–Kier alpha value is -1.47. The van der Waals surface area contributed by atoms with Crippen molar-refractivity contribution in [3.63, 3.8) is 0 Å². The molecule has 0 saturated carbocycles. The van der Waals surface area contributed by atoms with Crippen LogP contribution in [0.25, 0.3) is 0 Å². The lowest BCUT2D eigenvalue weighted by atomic mass is 9.96. The second-order valence-electron chi connectivity index (χ2n) is 31.4. The summed E-state index contributed by atoms with van der Waals surface area (Å²) in [5.41, 5.74) is 0. The molecule has 3 fully saturated rings. The summed E-state index contributed by atoms with van der Waals surface area (Å²) in [4.78, 5) is 13.5. The van der Waals surface area contributed by atoms with E-state index in [1.807, 2.05) is 6.08 Å². The second kappa shape index (κ2) is 65.3. The van der Waals surface area contributed by atoms with E-state index in [9.17, 15) is 61.0 Å². The van der Waals surface area contributed by atoms with Gasteiger partial charge in [0.2, 0.25) is 5.91 Å². The Balaban J connectivity index is 1.32. The molecular weight excluding hydrogens is 1310 g/mol. The number of nitrogens with one attached hydrogen (secondary N) is 1. The highest BCUT2D eigenvalue weighted by Crippen LogP contribution is 2.34. The maximum atomic E-state index is 13.5. The van der Waals surface area contributed by atoms with Gasteiger partial charge in [-0.25, -0.2) is 0 Å². The molecule has 12 N–H and O–H groups in total. The van der Waals surface area contributed by atoms with Crippen molar-refractivity contribution in [1.29, 1.82) is 0 Å². The average Bonchev–Trinajstić information content (AvgIpc) is 0.782. The van der Waals surface area contributed by atoms with Crippen molar-refractivity contribution < 1.29 is 89.4 Å². The van der Waals surface area contributed by atoms with Crippen molar-refractivity contribution in [2.24, 2.45) is 0 Å². The quantitative estimate of drug-likeness (QED) is 0.0199. The Morgan fingerprint density at radius 2 is 0.602 bits per heavy atom. The van der Waals surface area contributed by atoms with Gasteiger partial charge >= 0.3 is 0 Å². The summed E-state index contributed by atoms with van der Waals surface area (Å²) >= 11 is 0. The lowest BCUT2D eigenvalue weighted by Gasteiger charge is -2.48. The number of amides is 1. The van der Waals surface area contributed by atoms with Crippen LogP contribution in [-0.4, -0.2) is 193 Å². The summed E-state index contributed by atoms with van der Waals surface area (Å²) in [5.74, 6) is -0.265. The molecule has 0 radical (unpaired) electrons. The molecule has 17 atom stereocenters. The van der Waals surface area contributed by atoms with Gasteiger partial charge in [0.25, 0.3) is 0 Å². The van der Waals surface area contributed by atoms with E-state index in [4.69, 9.17) is 28.4 Å². The number of carbonyl (C=O) groups is 1. The van der Waals surface area contributed by atoms with Crippen LogP contribution in [0.4, 0.5) is 0 Å². The van der Waals surface area contributed by atoms with Gasteiger partial charge in [-0.05, 0) is 19.3 Å². The highest BCUT2D eigenvalue weighted by Gasteiger charge is 2.54. The molecule has 3 rings (SSSR count). The minimum atomic E-state index is -1.98. The third kappa shape index (κ3) is 44.8. The number of aliphatic hydroxyl groups excluding tert-OH is 11. The molecule has 3 aliphatic rings. The summed E-state index contributed by atoms with van der Waals surface area (Å²) in [6, 6.07) is -0.970. The number of carbonyl (C=O) groups excluding carboxylic acids is 1. The Bertz CT molecular complexity index is 1910. The maximum absolute atomic E-state index is 13.5. The number of ether oxygens (including phenoxy) is 6. The molecule has 103 heavy (non-hydrogen) atoms. The molecule has 0 aromatic heterocycles. The summed E-state index contributed by atoms with van der Waals surface area (Å²) in [7, 11) is 0. The van der Waals surface area contributed by atoms with Gasteiger partial charge in [0.15, 0.2) is 18.9 Å². The first-order valence-corrected chi connectivity index (χ1v) is 43.4. The molecule has 19 nitrogen and oxygen atoms in total. The Labute approximate surface area is 626 Å². The van der Waals surface area contributed by atoms with Gasteiger partial charge in [-0.15, -0.1) is 0 Å². The number of hydrogen-bond acceptors (Lipinski definition) is 18. The maximum Gasteiger partial charge on any atom is 0.220 e. The minimum absolute atomic E-state index is 0.250. The van der Waals surface area contributed by atoms with E-state index in [1.54, 1.807) is 6.08 Å². The molecule has 19 heteroatoms. The predicted octanol–water partition coefficient (Wildman–Crippen LogP) is 15.5. The van der Waals surface area contributed by atoms with Crippen molar-refractivity contribution in [3.05, 3.63) is 12.2 Å². The molecule has 0 aromatic carbocycles. The average molecular weight is 1470 g/mol. The molecule has 0 bridgehead atoms. The molecule has 3 heterocycles. The van der Waals surface area contributed by atoms with Gasteiger partial charge in [-0.3, -0.25) is 4.79 Å². The van der Waals surface area contributed by atoms with E-state index < -0.39 is 124 Å². The minimum Gasteiger partial charge on any atom is -0.394 e. The standard InChI is InChI=1S/C84H161NO18/c1-3-5-7-9-11-13-15-17-19-21-23-25-27-28-29-30-31-32-33-34-35-36-37-38-39-40-42-44-46-48-50-52-54-56-58-60-62-72(90)85-67(68(89)61-59-57-55-53-51-49-47-45-43-41-26-24-22-20-18-16-14-12-10-8-6-4-2)66-98-82-78(96)75(93)80(70(64-87)100-82)103-84-79(97)76(94)81(71(65-88)101-84)102-83-77(95)74(92)73(91)69(63-86)99-83/h59,61,67-71,73-84,86-89,91-97H,3-58,60,62-66H2,1-2H3,(H,85,90)/b61-59+. The number of aliphatic hydroxyl groups is 11. The molecular formula is C84H161NO18. The second-order valence-corrected chi connectivity index (χ2v) is 31.4. The fourth-order valence-electron chi connectivity index (χ4n) is 15.1. The van der Waals surface area contributed by atoms with E-state index in [2.05, 4.69) is 19.2 Å². The fraction of sp³-hybridized carbons (Fsp3) is 0.964. The zero-order valence-electron chi connectivity index (χ0n) is 65.6. The van der Waals surface area contributed by atoms with Crippen molar-refractivity contribution >= 4 is 5.91 Å². The van der Waals surface area contributed by atoms with Gasteiger partial charge in [0.1, 0.15) is 73.2 Å². The SMILES string of the molecule is CCCCCCCCCCCCCCCCCCCCCC/C=C/C(O)C(COC1OC(CO)C(OC2OC(CO)C(OC3OC(CO)C(O)C(O)C3O)C(O)C2O)C(O)C1O)NC(=O)CCCCCCCCCCCCCCCCCCCCCCCCCCCCCCCCCCCCCC. The van der Waals surface area contributed by atoms with Gasteiger partial charge < -0.3 is 89.9 Å². The topological polar surface area (TPSA) is 307 Å². The van der Waals surface area contributed by atoms with E-state index in [0.717, 1.165) is 44.9 Å². The molecule has 0 aromatic rings. The first kappa shape index (κ1) is 95.7. The Morgan fingerprint density at radius 1 is 0.340 bits per heavy atom. The van der Waals surface area contributed by atoms with E-state index in [1.165, 1.54) is 315 Å². The smallest absolute Gasteiger partial charge is 0.220 e. The number of allylic oxidation sites excluding steroid dienone is 1. The van der Waals surface area contributed by atoms with Crippen LogP contribution in [0.2, 0.25) is 0 Å². The van der Waals surface area contributed by atoms with Crippen molar-refractivity contribution in [1.82, 2.24) is 5.32 Å². The van der Waals surface area contributed by atoms with Crippen LogP contribution in [0, 0.1) is 0 Å². The molecule has 17 unspecified atom stereocenters. The van der Waals surface area contributed by atoms with Crippen LogP contribution in [0.5, 0.6) is 0 Å². The zero-order chi connectivity index (χ0) is 74.6. The normalized spacial score (nSPS) is 26.0. The number of unbranched alkanes of at least 4 members (excludes halogenated alkanes) is 55. The van der Waals surface area contributed by atoms with Crippen LogP contribution in [0.1, 0.15) is 386 Å². The molecule has 3 aliphatic heterocycles. The largest absolute Gasteiger partial charge is 0.394 e. The van der Waals surface area contributed by atoms with Crippen LogP contribution in [0.3, 0.4) is 0 Å². The first-order valence-electron chi connectivity index (χ1n) is 43.4. The summed E-state index contributed by atoms with van der Waals surface area (Å²) in [6.07, 6.45) is 52.3. The van der Waals surface area contributed by atoms with Gasteiger partial charge in [0, 0.05) is 6.42 Å². The first-order chi connectivity index (χ1) is 50.3. The summed E-state index contributed by atoms with van der Waals surface area (Å²) < 4.78 is 34.5. The highest BCUT2D eigenvalue weighted by molar-refractivity contribution is 5.76. The van der Waals surface area contributed by atoms with Crippen molar-refractivity contribution in [3.8, 4) is 0 Å². The summed E-state index contributed by atoms with van der Waals surface area (Å²) in [6.45, 7) is 1.81. The van der Waals surface area contributed by atoms with E-state index in [-0.39, 0.29) is 18.9 Å². The van der Waals surface area contributed by atoms with Crippen molar-refractivity contribution in [2.45, 2.75) is 491 Å². The van der Waals surface area contributed by atoms with Gasteiger partial charge in [0.05, 0.1) is 38.6 Å². The van der Waals surface area contributed by atoms with E-state index >= 15 is 0 Å². The monoisotopic (exact) mass is 1470 g/mol. The highest BCUT2D eigenvalue weighted by atomic mass is 16.8. The van der Waals surface area contributed by atoms with Gasteiger partial charge in [-0.2, -0.15) is 0 Å². The Morgan fingerprint density at radius 3 is 0.913 bits per heavy atom. The molecule has 0 spiro atoms. The lowest BCUT2D eigenvalue weighted by Crippen LogP contribution is -2.66. The molecule has 3 saturated heterocycles. The van der Waals surface area contributed by atoms with Crippen molar-refractivity contribution in [2.75, 3.05) is 26.4 Å². The number of rotatable bonds is 71. The van der Waals surface area contributed by atoms with Gasteiger partial charge in [-0.1, -0.05) is 373 Å². The van der Waals surface area contributed by atoms with Crippen LogP contribution >= 0.6 is 0 Å². The molecule has 610 valence electrons. The predicted molar refractivity (Wildman–Crippen MR) is 411 cm³/mol. The van der Waals surface area contributed by atoms with E-state index in [0.29, 0.717) is 6.42 Å². The molecule has 1 amide bonds. The van der Waals surface area contributed by atoms with Crippen LogP contribution in [-0.2, 0) is 33.2 Å². The van der Waals surface area contributed by atoms with Crippen LogP contribution < -0.4 is 5.32 Å². The summed E-state index contributed by atoms with van der Waals surface area (Å²) in [5, 5.41) is 121. The zero-order valence-corrected chi connectivity index (χ0v) is 65.6. The lowest BCUT2D eigenvalue weighted by molar-refractivity contribution is -0.379. The van der Waals surface area contributed by atoms with Crippen LogP contribution in [0.15, 0.2) is 12.2 Å². The third-order valence-corrected chi connectivity index (χ3v) is 22.1. The number of hydrogen-bond donors (Lipinski definition) is 12. The fourth-order valence-corrected chi connectivity index (χ4v) is 15.1. The Kier molecular flexibility index (Phi) is 60.7. The molecule has 0 aliphatic carbocycles. The third-order valence-electron chi connectivity index (χ3n) is 22.1.